The second-order valence-corrected chi connectivity index (χ2v) is 4.67. The van der Waals surface area contributed by atoms with E-state index in [2.05, 4.69) is 21.9 Å². The monoisotopic (exact) mass is 263 g/mol. The topological polar surface area (TPSA) is 88.1 Å². The Labute approximate surface area is 110 Å². The van der Waals surface area contributed by atoms with E-state index in [-0.39, 0.29) is 12.2 Å². The zero-order valence-corrected chi connectivity index (χ0v) is 11.0. The van der Waals surface area contributed by atoms with Crippen LogP contribution in [0.25, 0.3) is 11.2 Å². The Kier molecular flexibility index (Phi) is 2.98. The molecule has 7 nitrogen and oxygen atoms in total. The summed E-state index contributed by atoms with van der Waals surface area (Å²) < 4.78 is 13.1. The number of nitrogens with zero attached hydrogens (tertiary/aromatic N) is 4. The van der Waals surface area contributed by atoms with Crippen LogP contribution in [0.5, 0.6) is 5.88 Å². The van der Waals surface area contributed by atoms with Crippen LogP contribution >= 0.6 is 0 Å². The van der Waals surface area contributed by atoms with Crippen LogP contribution in [-0.4, -0.2) is 32.7 Å². The lowest BCUT2D eigenvalue weighted by Crippen LogP contribution is -2.13. The maximum Gasteiger partial charge on any atom is 0.247 e. The highest BCUT2D eigenvalue weighted by Gasteiger charge is 2.28. The first-order valence-corrected chi connectivity index (χ1v) is 6.45. The molecule has 0 spiro atoms. The molecular formula is C12H17N5O2. The van der Waals surface area contributed by atoms with Gasteiger partial charge in [0.05, 0.1) is 12.9 Å². The number of hydrogen-bond donors (Lipinski definition) is 1. The van der Waals surface area contributed by atoms with Crippen LogP contribution in [0.4, 0.5) is 5.95 Å². The zero-order valence-electron chi connectivity index (χ0n) is 11.0. The highest BCUT2D eigenvalue weighted by atomic mass is 16.5. The molecular weight excluding hydrogens is 246 g/mol. The smallest absolute Gasteiger partial charge is 0.247 e. The molecule has 3 heterocycles. The van der Waals surface area contributed by atoms with Gasteiger partial charge in [-0.2, -0.15) is 9.97 Å². The van der Waals surface area contributed by atoms with E-state index in [0.717, 1.165) is 13.0 Å². The fourth-order valence-electron chi connectivity index (χ4n) is 2.37. The fraction of sp³-hybridized carbons (Fsp3) is 0.583. The van der Waals surface area contributed by atoms with Gasteiger partial charge in [-0.25, -0.2) is 4.98 Å². The number of hydrogen-bond acceptors (Lipinski definition) is 6. The molecule has 0 aliphatic carbocycles. The average molecular weight is 263 g/mol. The van der Waals surface area contributed by atoms with Crippen LogP contribution in [-0.2, 0) is 4.74 Å². The number of aromatic nitrogens is 4. The lowest BCUT2D eigenvalue weighted by molar-refractivity contribution is 0.0394. The van der Waals surface area contributed by atoms with E-state index >= 15 is 0 Å². The summed E-state index contributed by atoms with van der Waals surface area (Å²) in [5, 5.41) is 0. The van der Waals surface area contributed by atoms with Gasteiger partial charge >= 0.3 is 0 Å². The highest BCUT2D eigenvalue weighted by molar-refractivity contribution is 5.77. The van der Waals surface area contributed by atoms with E-state index in [4.69, 9.17) is 15.2 Å². The van der Waals surface area contributed by atoms with E-state index in [0.29, 0.717) is 29.6 Å². The van der Waals surface area contributed by atoms with Crippen molar-refractivity contribution >= 4 is 17.1 Å². The van der Waals surface area contributed by atoms with Gasteiger partial charge in [-0.3, -0.25) is 4.57 Å². The summed E-state index contributed by atoms with van der Waals surface area (Å²) >= 11 is 0. The van der Waals surface area contributed by atoms with E-state index in [1.807, 2.05) is 11.5 Å². The Morgan fingerprint density at radius 1 is 1.53 bits per heavy atom. The van der Waals surface area contributed by atoms with Crippen molar-refractivity contribution in [3.63, 3.8) is 0 Å². The van der Waals surface area contributed by atoms with Gasteiger partial charge in [-0.05, 0) is 13.3 Å². The van der Waals surface area contributed by atoms with Crippen LogP contribution < -0.4 is 10.5 Å². The lowest BCUT2D eigenvalue weighted by atomic mass is 10.1. The molecule has 3 rings (SSSR count). The molecule has 2 N–H and O–H groups in total. The van der Waals surface area contributed by atoms with Gasteiger partial charge in [-0.15, -0.1) is 0 Å². The standard InChI is InChI=1S/C12H17N5O2/c1-3-18-10-8-9(15-12(13)16-10)17(6-14-8)11-7(2)4-5-19-11/h6-7,11H,3-5H2,1-2H3,(H2,13,15,16). The van der Waals surface area contributed by atoms with Crippen LogP contribution in [0.3, 0.4) is 0 Å². The minimum atomic E-state index is -0.0474. The van der Waals surface area contributed by atoms with Crippen molar-refractivity contribution in [1.82, 2.24) is 19.5 Å². The zero-order chi connectivity index (χ0) is 13.4. The van der Waals surface area contributed by atoms with E-state index in [1.54, 1.807) is 6.33 Å². The van der Waals surface area contributed by atoms with E-state index < -0.39 is 0 Å². The second kappa shape index (κ2) is 4.65. The summed E-state index contributed by atoms with van der Waals surface area (Å²) in [5.41, 5.74) is 7.02. The maximum atomic E-state index is 5.74. The lowest BCUT2D eigenvalue weighted by Gasteiger charge is -2.16. The number of rotatable bonds is 3. The summed E-state index contributed by atoms with van der Waals surface area (Å²) in [6.07, 6.45) is 2.70. The Balaban J connectivity index is 2.11. The Morgan fingerprint density at radius 3 is 3.05 bits per heavy atom. The van der Waals surface area contributed by atoms with Gasteiger partial charge in [0, 0.05) is 12.5 Å². The largest absolute Gasteiger partial charge is 0.476 e. The molecule has 102 valence electrons. The number of imidazole rings is 1. The number of ether oxygens (including phenoxy) is 2. The summed E-state index contributed by atoms with van der Waals surface area (Å²) in [7, 11) is 0. The highest BCUT2D eigenvalue weighted by Crippen LogP contribution is 2.33. The van der Waals surface area contributed by atoms with Crippen molar-refractivity contribution in [2.75, 3.05) is 18.9 Å². The first-order valence-electron chi connectivity index (χ1n) is 6.45. The normalized spacial score (nSPS) is 23.1. The molecule has 2 atom stereocenters. The minimum absolute atomic E-state index is 0.0474. The van der Waals surface area contributed by atoms with Gasteiger partial charge in [-0.1, -0.05) is 6.92 Å². The third-order valence-corrected chi connectivity index (χ3v) is 3.31. The van der Waals surface area contributed by atoms with Crippen LogP contribution in [0.15, 0.2) is 6.33 Å². The number of anilines is 1. The van der Waals surface area contributed by atoms with Crippen molar-refractivity contribution in [3.05, 3.63) is 6.33 Å². The molecule has 1 aliphatic rings. The third kappa shape index (κ3) is 1.99. The third-order valence-electron chi connectivity index (χ3n) is 3.31. The molecule has 2 aromatic heterocycles. The predicted octanol–water partition coefficient (Wildman–Crippen LogP) is 1.36. The van der Waals surface area contributed by atoms with Crippen LogP contribution in [0.2, 0.25) is 0 Å². The fourth-order valence-corrected chi connectivity index (χ4v) is 2.37. The molecule has 1 aliphatic heterocycles. The van der Waals surface area contributed by atoms with Gasteiger partial charge in [0.15, 0.2) is 11.2 Å². The Morgan fingerprint density at radius 2 is 2.37 bits per heavy atom. The van der Waals surface area contributed by atoms with Gasteiger partial charge in [0.25, 0.3) is 0 Å². The molecule has 0 amide bonds. The van der Waals surface area contributed by atoms with E-state index in [1.165, 1.54) is 0 Å². The van der Waals surface area contributed by atoms with Gasteiger partial charge < -0.3 is 15.2 Å². The molecule has 0 radical (unpaired) electrons. The van der Waals surface area contributed by atoms with Gasteiger partial charge in [0.1, 0.15) is 6.23 Å². The van der Waals surface area contributed by atoms with Crippen LogP contribution in [0.1, 0.15) is 26.5 Å². The summed E-state index contributed by atoms with van der Waals surface area (Å²) in [4.78, 5) is 12.7. The van der Waals surface area contributed by atoms with Crippen molar-refractivity contribution < 1.29 is 9.47 Å². The molecule has 0 bridgehead atoms. The maximum absolute atomic E-state index is 5.74. The number of nitrogens with two attached hydrogens (primary N) is 1. The summed E-state index contributed by atoms with van der Waals surface area (Å²) in [6, 6.07) is 0. The molecule has 0 aromatic carbocycles. The van der Waals surface area contributed by atoms with E-state index in [9.17, 15) is 0 Å². The second-order valence-electron chi connectivity index (χ2n) is 4.67. The predicted molar refractivity (Wildman–Crippen MR) is 69.7 cm³/mol. The average Bonchev–Trinajstić information content (AvgIpc) is 2.95. The molecule has 1 saturated heterocycles. The molecule has 1 fully saturated rings. The van der Waals surface area contributed by atoms with Crippen LogP contribution in [0, 0.1) is 5.92 Å². The quantitative estimate of drug-likeness (QED) is 0.899. The minimum Gasteiger partial charge on any atom is -0.476 e. The molecule has 2 unspecified atom stereocenters. The summed E-state index contributed by atoms with van der Waals surface area (Å²) in [5.74, 6) is 1.03. The van der Waals surface area contributed by atoms with Crippen molar-refractivity contribution in [2.24, 2.45) is 5.92 Å². The number of nitrogen functional groups attached to an aromatic ring is 1. The van der Waals surface area contributed by atoms with Crippen molar-refractivity contribution in [3.8, 4) is 5.88 Å². The number of fused-ring (bicyclic) bond motifs is 1. The Bertz CT molecular complexity index is 597. The Hall–Kier alpha value is -1.89. The van der Waals surface area contributed by atoms with Crippen molar-refractivity contribution in [2.45, 2.75) is 26.5 Å². The first kappa shape index (κ1) is 12.2. The van der Waals surface area contributed by atoms with Crippen molar-refractivity contribution in [1.29, 1.82) is 0 Å². The summed E-state index contributed by atoms with van der Waals surface area (Å²) in [6.45, 7) is 5.31. The SMILES string of the molecule is CCOc1nc(N)nc2c1ncn2C1OCCC1C. The molecule has 19 heavy (non-hydrogen) atoms. The molecule has 2 aromatic rings. The molecule has 7 heteroatoms. The first-order chi connectivity index (χ1) is 9.20. The molecule has 0 saturated carbocycles. The van der Waals surface area contributed by atoms with Gasteiger partial charge in [0.2, 0.25) is 11.8 Å².